The number of halogens is 2. The minimum absolute atomic E-state index is 0.359. The van der Waals surface area contributed by atoms with Crippen molar-refractivity contribution < 1.29 is 9.50 Å². The van der Waals surface area contributed by atoms with Gasteiger partial charge in [-0.2, -0.15) is 0 Å². The van der Waals surface area contributed by atoms with Gasteiger partial charge in [0, 0.05) is 10.6 Å². The topological polar surface area (TPSA) is 20.2 Å². The Morgan fingerprint density at radius 3 is 2.44 bits per heavy atom. The summed E-state index contributed by atoms with van der Waals surface area (Å²) in [5.41, 5.74) is 1.07. The van der Waals surface area contributed by atoms with Crippen molar-refractivity contribution in [2.45, 2.75) is 6.10 Å². The number of hydrogen-bond acceptors (Lipinski definition) is 1. The van der Waals surface area contributed by atoms with E-state index in [2.05, 4.69) is 0 Å². The molecule has 0 amide bonds. The Morgan fingerprint density at radius 1 is 1.06 bits per heavy atom. The highest BCUT2D eigenvalue weighted by molar-refractivity contribution is 6.31. The summed E-state index contributed by atoms with van der Waals surface area (Å²) >= 11 is 5.91. The van der Waals surface area contributed by atoms with E-state index in [4.69, 9.17) is 11.6 Å². The normalized spacial score (nSPS) is 12.4. The van der Waals surface area contributed by atoms with Crippen LogP contribution in [0, 0.1) is 5.82 Å². The van der Waals surface area contributed by atoms with E-state index >= 15 is 0 Å². The first kappa shape index (κ1) is 11.1. The predicted octanol–water partition coefficient (Wildman–Crippen LogP) is 3.56. The predicted molar refractivity (Wildman–Crippen MR) is 61.9 cm³/mol. The van der Waals surface area contributed by atoms with Gasteiger partial charge in [-0.15, -0.1) is 0 Å². The molecule has 0 spiro atoms. The second-order valence-corrected chi connectivity index (χ2v) is 3.89. The van der Waals surface area contributed by atoms with E-state index < -0.39 is 11.9 Å². The molecule has 0 aliphatic heterocycles. The number of hydrogen-bond donors (Lipinski definition) is 1. The van der Waals surface area contributed by atoms with Gasteiger partial charge in [-0.25, -0.2) is 4.39 Å². The van der Waals surface area contributed by atoms with Crippen LogP contribution in [0.4, 0.5) is 4.39 Å². The summed E-state index contributed by atoms with van der Waals surface area (Å²) in [5, 5.41) is 10.4. The molecule has 1 N–H and O–H groups in total. The van der Waals surface area contributed by atoms with Crippen LogP contribution in [0.25, 0.3) is 0 Å². The lowest BCUT2D eigenvalue weighted by atomic mass is 10.0. The van der Waals surface area contributed by atoms with E-state index in [0.29, 0.717) is 16.1 Å². The molecule has 0 aliphatic carbocycles. The molecular weight excluding hydrogens is 227 g/mol. The van der Waals surface area contributed by atoms with Crippen LogP contribution in [-0.2, 0) is 0 Å². The molecule has 0 fully saturated rings. The molecule has 0 saturated heterocycles. The SMILES string of the molecule is OC(c1ccccc1)c1cc(F)ccc1Cl. The summed E-state index contributed by atoms with van der Waals surface area (Å²) < 4.78 is 13.1. The maximum absolute atomic E-state index is 13.1. The van der Waals surface area contributed by atoms with Crippen molar-refractivity contribution in [3.05, 3.63) is 70.5 Å². The molecule has 0 aliphatic rings. The molecule has 0 aromatic heterocycles. The fourth-order valence-electron chi connectivity index (χ4n) is 1.54. The number of aliphatic hydroxyl groups excluding tert-OH is 1. The van der Waals surface area contributed by atoms with Gasteiger partial charge in [0.1, 0.15) is 11.9 Å². The van der Waals surface area contributed by atoms with Crippen LogP contribution in [-0.4, -0.2) is 5.11 Å². The fourth-order valence-corrected chi connectivity index (χ4v) is 1.76. The smallest absolute Gasteiger partial charge is 0.123 e. The lowest BCUT2D eigenvalue weighted by molar-refractivity contribution is 0.220. The first-order valence-corrected chi connectivity index (χ1v) is 5.24. The summed E-state index contributed by atoms with van der Waals surface area (Å²) in [6.07, 6.45) is -0.899. The lowest BCUT2D eigenvalue weighted by Gasteiger charge is -2.12. The van der Waals surface area contributed by atoms with Gasteiger partial charge in [-0.1, -0.05) is 41.9 Å². The maximum Gasteiger partial charge on any atom is 0.123 e. The minimum atomic E-state index is -0.899. The molecule has 2 aromatic carbocycles. The summed E-state index contributed by atoms with van der Waals surface area (Å²) in [6, 6.07) is 13.0. The molecule has 1 unspecified atom stereocenters. The van der Waals surface area contributed by atoms with Crippen molar-refractivity contribution in [2.24, 2.45) is 0 Å². The zero-order chi connectivity index (χ0) is 11.5. The molecule has 1 atom stereocenters. The van der Waals surface area contributed by atoms with Crippen LogP contribution in [0.15, 0.2) is 48.5 Å². The Balaban J connectivity index is 2.41. The second-order valence-electron chi connectivity index (χ2n) is 3.48. The van der Waals surface area contributed by atoms with Crippen molar-refractivity contribution in [2.75, 3.05) is 0 Å². The summed E-state index contributed by atoms with van der Waals surface area (Å²) in [7, 11) is 0. The van der Waals surface area contributed by atoms with E-state index in [1.54, 1.807) is 12.1 Å². The zero-order valence-electron chi connectivity index (χ0n) is 8.40. The Labute approximate surface area is 98.1 Å². The molecule has 82 valence electrons. The van der Waals surface area contributed by atoms with Gasteiger partial charge in [0.05, 0.1) is 0 Å². The highest BCUT2D eigenvalue weighted by Crippen LogP contribution is 2.28. The molecule has 0 bridgehead atoms. The Hall–Kier alpha value is -1.38. The minimum Gasteiger partial charge on any atom is -0.384 e. The number of aliphatic hydroxyl groups is 1. The van der Waals surface area contributed by atoms with Gasteiger partial charge in [0.2, 0.25) is 0 Å². The van der Waals surface area contributed by atoms with Gasteiger partial charge in [-0.05, 0) is 23.8 Å². The molecular formula is C13H10ClFO. The molecule has 0 saturated carbocycles. The largest absolute Gasteiger partial charge is 0.384 e. The maximum atomic E-state index is 13.1. The quantitative estimate of drug-likeness (QED) is 0.845. The van der Waals surface area contributed by atoms with Crippen LogP contribution in [0.5, 0.6) is 0 Å². The van der Waals surface area contributed by atoms with Crippen molar-refractivity contribution in [3.63, 3.8) is 0 Å². The summed E-state index contributed by atoms with van der Waals surface area (Å²) in [4.78, 5) is 0. The first-order chi connectivity index (χ1) is 7.68. The summed E-state index contributed by atoms with van der Waals surface area (Å²) in [6.45, 7) is 0. The fraction of sp³-hybridized carbons (Fsp3) is 0.0769. The lowest BCUT2D eigenvalue weighted by Crippen LogP contribution is -2.00. The van der Waals surface area contributed by atoms with Crippen LogP contribution in [0.1, 0.15) is 17.2 Å². The van der Waals surface area contributed by atoms with Crippen molar-refractivity contribution in [1.29, 1.82) is 0 Å². The number of rotatable bonds is 2. The molecule has 16 heavy (non-hydrogen) atoms. The van der Waals surface area contributed by atoms with Crippen molar-refractivity contribution >= 4 is 11.6 Å². The third kappa shape index (κ3) is 2.23. The molecule has 2 aromatic rings. The molecule has 3 heteroatoms. The Kier molecular flexibility index (Phi) is 3.22. The van der Waals surface area contributed by atoms with Gasteiger partial charge in [0.15, 0.2) is 0 Å². The monoisotopic (exact) mass is 236 g/mol. The third-order valence-electron chi connectivity index (χ3n) is 2.37. The average Bonchev–Trinajstić information content (AvgIpc) is 2.32. The Morgan fingerprint density at radius 2 is 1.75 bits per heavy atom. The summed E-state index contributed by atoms with van der Waals surface area (Å²) in [5.74, 6) is -0.408. The molecule has 0 heterocycles. The Bertz CT molecular complexity index is 485. The van der Waals surface area contributed by atoms with Gasteiger partial charge in [0.25, 0.3) is 0 Å². The third-order valence-corrected chi connectivity index (χ3v) is 2.71. The molecule has 0 radical (unpaired) electrons. The van der Waals surface area contributed by atoms with E-state index in [1.165, 1.54) is 18.2 Å². The van der Waals surface area contributed by atoms with E-state index in [0.717, 1.165) is 0 Å². The van der Waals surface area contributed by atoms with Gasteiger partial charge < -0.3 is 5.11 Å². The second kappa shape index (κ2) is 4.64. The number of benzene rings is 2. The highest BCUT2D eigenvalue weighted by Gasteiger charge is 2.14. The first-order valence-electron chi connectivity index (χ1n) is 4.86. The van der Waals surface area contributed by atoms with E-state index in [9.17, 15) is 9.50 Å². The van der Waals surface area contributed by atoms with Crippen LogP contribution < -0.4 is 0 Å². The standard InChI is InChI=1S/C13H10ClFO/c14-12-7-6-10(15)8-11(12)13(16)9-4-2-1-3-5-9/h1-8,13,16H. The van der Waals surface area contributed by atoms with Gasteiger partial charge in [-0.3, -0.25) is 0 Å². The van der Waals surface area contributed by atoms with Crippen LogP contribution in [0.2, 0.25) is 5.02 Å². The average molecular weight is 237 g/mol. The van der Waals surface area contributed by atoms with E-state index in [1.807, 2.05) is 18.2 Å². The molecule has 2 rings (SSSR count). The highest BCUT2D eigenvalue weighted by atomic mass is 35.5. The zero-order valence-corrected chi connectivity index (χ0v) is 9.16. The van der Waals surface area contributed by atoms with Crippen molar-refractivity contribution in [3.8, 4) is 0 Å². The van der Waals surface area contributed by atoms with Gasteiger partial charge >= 0.3 is 0 Å². The van der Waals surface area contributed by atoms with Crippen molar-refractivity contribution in [1.82, 2.24) is 0 Å². The van der Waals surface area contributed by atoms with Crippen LogP contribution >= 0.6 is 11.6 Å². The van der Waals surface area contributed by atoms with E-state index in [-0.39, 0.29) is 0 Å². The molecule has 1 nitrogen and oxygen atoms in total. The van der Waals surface area contributed by atoms with Crippen LogP contribution in [0.3, 0.4) is 0 Å².